The van der Waals surface area contributed by atoms with Crippen LogP contribution in [0.4, 0.5) is 11.5 Å². The summed E-state index contributed by atoms with van der Waals surface area (Å²) in [6, 6.07) is 11.6. The number of amides is 1. The lowest BCUT2D eigenvalue weighted by atomic mass is 10.1. The molecule has 3 aromatic rings. The fraction of sp³-hybridized carbons (Fsp3) is 0.333. The molecule has 8 nitrogen and oxygen atoms in total. The predicted octanol–water partition coefficient (Wildman–Crippen LogP) is 2.47. The molecule has 0 spiro atoms. The molecule has 4 rings (SSSR count). The topological polar surface area (TPSA) is 78.6 Å². The average Bonchev–Trinajstić information content (AvgIpc) is 3.20. The molecule has 1 aliphatic heterocycles. The van der Waals surface area contributed by atoms with E-state index in [4.69, 9.17) is 4.52 Å². The molecule has 0 aliphatic carbocycles. The van der Waals surface area contributed by atoms with Gasteiger partial charge in [0.25, 0.3) is 5.91 Å². The molecule has 1 aromatic carbocycles. The van der Waals surface area contributed by atoms with Crippen molar-refractivity contribution in [2.45, 2.75) is 6.92 Å². The number of anilines is 2. The van der Waals surface area contributed by atoms with E-state index in [1.807, 2.05) is 60.3 Å². The molecular formula is C21H24N6O2. The van der Waals surface area contributed by atoms with Crippen LogP contribution in [0.15, 0.2) is 47.1 Å². The number of aromatic nitrogens is 3. The average molecular weight is 392 g/mol. The third-order valence-electron chi connectivity index (χ3n) is 5.03. The molecule has 0 saturated carbocycles. The first-order valence-corrected chi connectivity index (χ1v) is 9.59. The number of hydrogen-bond acceptors (Lipinski definition) is 7. The van der Waals surface area contributed by atoms with Crippen molar-refractivity contribution in [2.75, 3.05) is 50.1 Å². The number of rotatable bonds is 4. The Morgan fingerprint density at radius 2 is 1.90 bits per heavy atom. The second kappa shape index (κ2) is 7.90. The molecule has 29 heavy (non-hydrogen) atoms. The molecule has 1 aliphatic rings. The van der Waals surface area contributed by atoms with Crippen LogP contribution in [-0.2, 0) is 0 Å². The van der Waals surface area contributed by atoms with Gasteiger partial charge < -0.3 is 19.2 Å². The van der Waals surface area contributed by atoms with Gasteiger partial charge in [0.1, 0.15) is 5.82 Å². The molecule has 8 heteroatoms. The Morgan fingerprint density at radius 1 is 1.10 bits per heavy atom. The summed E-state index contributed by atoms with van der Waals surface area (Å²) >= 11 is 0. The maximum atomic E-state index is 12.9. The van der Waals surface area contributed by atoms with Crippen LogP contribution >= 0.6 is 0 Å². The first-order valence-electron chi connectivity index (χ1n) is 9.59. The summed E-state index contributed by atoms with van der Waals surface area (Å²) in [6.45, 7) is 4.58. The van der Waals surface area contributed by atoms with Gasteiger partial charge in [-0.15, -0.1) is 0 Å². The van der Waals surface area contributed by atoms with E-state index in [1.54, 1.807) is 13.1 Å². The summed E-state index contributed by atoms with van der Waals surface area (Å²) in [5.74, 6) is 2.03. The quantitative estimate of drug-likeness (QED) is 0.675. The van der Waals surface area contributed by atoms with Gasteiger partial charge in [0, 0.05) is 70.2 Å². The third-order valence-corrected chi connectivity index (χ3v) is 5.03. The Bertz CT molecular complexity index is 990. The molecule has 0 atom stereocenters. The van der Waals surface area contributed by atoms with Crippen molar-refractivity contribution >= 4 is 17.4 Å². The molecule has 0 unspecified atom stereocenters. The van der Waals surface area contributed by atoms with Gasteiger partial charge in [-0.25, -0.2) is 4.98 Å². The maximum absolute atomic E-state index is 12.9. The van der Waals surface area contributed by atoms with Gasteiger partial charge in [-0.05, 0) is 30.3 Å². The van der Waals surface area contributed by atoms with Gasteiger partial charge >= 0.3 is 0 Å². The highest BCUT2D eigenvalue weighted by Gasteiger charge is 2.23. The second-order valence-corrected chi connectivity index (χ2v) is 7.27. The molecule has 0 N–H and O–H groups in total. The lowest BCUT2D eigenvalue weighted by molar-refractivity contribution is 0.0746. The zero-order valence-electron chi connectivity index (χ0n) is 16.9. The van der Waals surface area contributed by atoms with E-state index < -0.39 is 0 Å². The zero-order valence-corrected chi connectivity index (χ0v) is 16.9. The zero-order chi connectivity index (χ0) is 20.4. The van der Waals surface area contributed by atoms with Crippen molar-refractivity contribution in [3.05, 3.63) is 54.0 Å². The van der Waals surface area contributed by atoms with Gasteiger partial charge in [-0.2, -0.15) is 4.98 Å². The molecule has 1 saturated heterocycles. The van der Waals surface area contributed by atoms with Crippen molar-refractivity contribution in [2.24, 2.45) is 0 Å². The van der Waals surface area contributed by atoms with E-state index in [0.29, 0.717) is 24.8 Å². The largest absolute Gasteiger partial charge is 0.378 e. The number of carbonyl (C=O) groups excluding carboxylic acids is 1. The predicted molar refractivity (Wildman–Crippen MR) is 111 cm³/mol. The Balaban J connectivity index is 1.39. The number of piperazine rings is 1. The monoisotopic (exact) mass is 392 g/mol. The number of nitrogens with zero attached hydrogens (tertiary/aromatic N) is 6. The number of hydrogen-bond donors (Lipinski definition) is 0. The maximum Gasteiger partial charge on any atom is 0.254 e. The van der Waals surface area contributed by atoms with Crippen molar-refractivity contribution in [1.29, 1.82) is 0 Å². The fourth-order valence-corrected chi connectivity index (χ4v) is 3.36. The Morgan fingerprint density at radius 3 is 2.52 bits per heavy atom. The summed E-state index contributed by atoms with van der Waals surface area (Å²) in [4.78, 5) is 27.7. The second-order valence-electron chi connectivity index (χ2n) is 7.27. The highest BCUT2D eigenvalue weighted by molar-refractivity contribution is 5.95. The molecule has 1 amide bonds. The summed E-state index contributed by atoms with van der Waals surface area (Å²) in [6.07, 6.45) is 1.75. The molecule has 2 aromatic heterocycles. The summed E-state index contributed by atoms with van der Waals surface area (Å²) in [7, 11) is 3.95. The van der Waals surface area contributed by atoms with Crippen LogP contribution < -0.4 is 9.80 Å². The van der Waals surface area contributed by atoms with Crippen molar-refractivity contribution in [3.63, 3.8) is 0 Å². The molecular weight excluding hydrogens is 368 g/mol. The number of carbonyl (C=O) groups is 1. The third kappa shape index (κ3) is 4.06. The molecule has 0 bridgehead atoms. The van der Waals surface area contributed by atoms with Gasteiger partial charge in [-0.3, -0.25) is 4.79 Å². The standard InChI is InChI=1S/C21H24N6O2/c1-15-23-20(24-29-15)17-7-8-19(22-14-17)26-9-11-27(12-10-26)21(28)16-5-4-6-18(13-16)25(2)3/h4-8,13-14H,9-12H2,1-3H3. The highest BCUT2D eigenvalue weighted by Crippen LogP contribution is 2.21. The summed E-state index contributed by atoms with van der Waals surface area (Å²) in [5, 5.41) is 3.92. The smallest absolute Gasteiger partial charge is 0.254 e. The highest BCUT2D eigenvalue weighted by atomic mass is 16.5. The Labute approximate surface area is 169 Å². The minimum atomic E-state index is 0.0733. The van der Waals surface area contributed by atoms with Gasteiger partial charge in [0.15, 0.2) is 0 Å². The first kappa shape index (κ1) is 18.9. The van der Waals surface area contributed by atoms with E-state index in [2.05, 4.69) is 20.0 Å². The van der Waals surface area contributed by atoms with Crippen molar-refractivity contribution in [3.8, 4) is 11.4 Å². The van der Waals surface area contributed by atoms with E-state index in [-0.39, 0.29) is 5.91 Å². The molecule has 150 valence electrons. The van der Waals surface area contributed by atoms with Crippen LogP contribution in [0.5, 0.6) is 0 Å². The van der Waals surface area contributed by atoms with Gasteiger partial charge in [0.2, 0.25) is 11.7 Å². The van der Waals surface area contributed by atoms with Gasteiger partial charge in [0.05, 0.1) is 0 Å². The first-order chi connectivity index (χ1) is 14.0. The molecule has 0 radical (unpaired) electrons. The summed E-state index contributed by atoms with van der Waals surface area (Å²) in [5.41, 5.74) is 2.57. The van der Waals surface area contributed by atoms with Crippen LogP contribution in [0, 0.1) is 6.92 Å². The molecule has 1 fully saturated rings. The van der Waals surface area contributed by atoms with E-state index in [0.717, 1.165) is 35.7 Å². The number of aryl methyl sites for hydroxylation is 1. The minimum absolute atomic E-state index is 0.0733. The van der Waals surface area contributed by atoms with Crippen molar-refractivity contribution in [1.82, 2.24) is 20.0 Å². The lowest BCUT2D eigenvalue weighted by Gasteiger charge is -2.35. The minimum Gasteiger partial charge on any atom is -0.378 e. The SMILES string of the molecule is Cc1nc(-c2ccc(N3CCN(C(=O)c4cccc(N(C)C)c4)CC3)nc2)no1. The Hall–Kier alpha value is -3.42. The molecule has 3 heterocycles. The van der Waals surface area contributed by atoms with Crippen molar-refractivity contribution < 1.29 is 9.32 Å². The fourth-order valence-electron chi connectivity index (χ4n) is 3.36. The van der Waals surface area contributed by atoms with Gasteiger partial charge in [-0.1, -0.05) is 11.2 Å². The van der Waals surface area contributed by atoms with Crippen LogP contribution in [0.1, 0.15) is 16.2 Å². The number of benzene rings is 1. The lowest BCUT2D eigenvalue weighted by Crippen LogP contribution is -2.49. The summed E-state index contributed by atoms with van der Waals surface area (Å²) < 4.78 is 5.02. The van der Waals surface area contributed by atoms with E-state index >= 15 is 0 Å². The Kier molecular flexibility index (Phi) is 5.16. The van der Waals surface area contributed by atoms with E-state index in [1.165, 1.54) is 0 Å². The number of pyridine rings is 1. The normalized spacial score (nSPS) is 14.2. The van der Waals surface area contributed by atoms with E-state index in [9.17, 15) is 4.79 Å². The van der Waals surface area contributed by atoms with Crippen LogP contribution in [0.25, 0.3) is 11.4 Å². The van der Waals surface area contributed by atoms with Crippen LogP contribution in [0.2, 0.25) is 0 Å². The van der Waals surface area contributed by atoms with Crippen LogP contribution in [-0.4, -0.2) is 66.2 Å². The van der Waals surface area contributed by atoms with Crippen LogP contribution in [0.3, 0.4) is 0 Å².